The van der Waals surface area contributed by atoms with Crippen molar-refractivity contribution in [3.63, 3.8) is 0 Å². The molecule has 1 aromatic rings. The quantitative estimate of drug-likeness (QED) is 0.737. The number of carboxylic acid groups (broad SMARTS) is 1. The summed E-state index contributed by atoms with van der Waals surface area (Å²) in [5.41, 5.74) is 0.362. The van der Waals surface area contributed by atoms with Crippen LogP contribution in [-0.4, -0.2) is 27.1 Å². The number of nitrogens with zero attached hydrogens (tertiary/aromatic N) is 1. The van der Waals surface area contributed by atoms with Crippen LogP contribution < -0.4 is 0 Å². The number of carboxylic acids is 1. The van der Waals surface area contributed by atoms with Crippen LogP contribution in [0.25, 0.3) is 0 Å². The van der Waals surface area contributed by atoms with Crippen LogP contribution in [0.15, 0.2) is 18.5 Å². The van der Waals surface area contributed by atoms with Crippen LogP contribution in [0.1, 0.15) is 17.3 Å². The van der Waals surface area contributed by atoms with Gasteiger partial charge in [0.2, 0.25) is 0 Å². The number of carbonyl (C=O) groups is 1. The number of thioether (sulfide) groups is 1. The number of rotatable bonds is 5. The topological polar surface area (TPSA) is 42.2 Å². The fourth-order valence-electron chi connectivity index (χ4n) is 1.02. The summed E-state index contributed by atoms with van der Waals surface area (Å²) in [5.74, 6) is 1.28. The van der Waals surface area contributed by atoms with Crippen LogP contribution >= 0.6 is 11.8 Å². The minimum absolute atomic E-state index is 0.362. The summed E-state index contributed by atoms with van der Waals surface area (Å²) in [4.78, 5) is 10.5. The van der Waals surface area contributed by atoms with Crippen LogP contribution in [0.5, 0.6) is 0 Å². The number of aryl methyl sites for hydroxylation is 1. The first kappa shape index (κ1) is 10.2. The van der Waals surface area contributed by atoms with Crippen molar-refractivity contribution in [3.8, 4) is 0 Å². The molecule has 3 nitrogen and oxygen atoms in total. The molecule has 0 unspecified atom stereocenters. The molecule has 1 aromatic heterocycles. The van der Waals surface area contributed by atoms with Crippen molar-refractivity contribution in [2.75, 3.05) is 11.5 Å². The molecule has 0 spiro atoms. The maximum absolute atomic E-state index is 10.5. The maximum atomic E-state index is 10.5. The minimum atomic E-state index is -0.859. The molecule has 1 N–H and O–H groups in total. The zero-order valence-corrected chi connectivity index (χ0v) is 8.38. The SMILES string of the molecule is CCSCCn1ccc(C(=O)O)c1. The van der Waals surface area contributed by atoms with Crippen LogP contribution in [0.3, 0.4) is 0 Å². The molecule has 1 heterocycles. The molecule has 0 saturated carbocycles. The van der Waals surface area contributed by atoms with E-state index in [2.05, 4.69) is 6.92 Å². The van der Waals surface area contributed by atoms with Gasteiger partial charge >= 0.3 is 5.97 Å². The van der Waals surface area contributed by atoms with Gasteiger partial charge in [-0.05, 0) is 11.8 Å². The molecule has 0 aromatic carbocycles. The third-order valence-electron chi connectivity index (χ3n) is 1.70. The van der Waals surface area contributed by atoms with Gasteiger partial charge in [-0.2, -0.15) is 11.8 Å². The molecule has 0 saturated heterocycles. The lowest BCUT2D eigenvalue weighted by Gasteiger charge is -2.00. The van der Waals surface area contributed by atoms with Crippen LogP contribution in [0.2, 0.25) is 0 Å². The van der Waals surface area contributed by atoms with E-state index < -0.39 is 5.97 Å². The van der Waals surface area contributed by atoms with Gasteiger partial charge in [0.25, 0.3) is 0 Å². The van der Waals surface area contributed by atoms with Crippen molar-refractivity contribution < 1.29 is 9.90 Å². The summed E-state index contributed by atoms with van der Waals surface area (Å²) in [6.07, 6.45) is 3.47. The van der Waals surface area contributed by atoms with Gasteiger partial charge in [0.15, 0.2) is 0 Å². The summed E-state index contributed by atoms with van der Waals surface area (Å²) in [6, 6.07) is 1.62. The number of aromatic carboxylic acids is 1. The Kier molecular flexibility index (Phi) is 3.89. The second kappa shape index (κ2) is 4.97. The molecule has 0 aliphatic rings. The van der Waals surface area contributed by atoms with E-state index in [4.69, 9.17) is 5.11 Å². The Labute approximate surface area is 81.8 Å². The summed E-state index contributed by atoms with van der Waals surface area (Å²) in [6.45, 7) is 2.99. The smallest absolute Gasteiger partial charge is 0.337 e. The lowest BCUT2D eigenvalue weighted by molar-refractivity contribution is 0.0697. The van der Waals surface area contributed by atoms with Crippen molar-refractivity contribution in [1.82, 2.24) is 4.57 Å². The molecule has 0 bridgehead atoms. The lowest BCUT2D eigenvalue weighted by Crippen LogP contribution is -1.98. The fraction of sp³-hybridized carbons (Fsp3) is 0.444. The zero-order chi connectivity index (χ0) is 9.68. The minimum Gasteiger partial charge on any atom is -0.478 e. The Morgan fingerprint density at radius 1 is 1.69 bits per heavy atom. The van der Waals surface area contributed by atoms with Crippen molar-refractivity contribution >= 4 is 17.7 Å². The Morgan fingerprint density at radius 3 is 3.00 bits per heavy atom. The van der Waals surface area contributed by atoms with Crippen molar-refractivity contribution in [2.24, 2.45) is 0 Å². The van der Waals surface area contributed by atoms with Gasteiger partial charge in [-0.15, -0.1) is 0 Å². The van der Waals surface area contributed by atoms with Gasteiger partial charge in [-0.3, -0.25) is 0 Å². The van der Waals surface area contributed by atoms with E-state index in [0.717, 1.165) is 18.1 Å². The predicted molar refractivity (Wildman–Crippen MR) is 54.4 cm³/mol. The third kappa shape index (κ3) is 3.14. The average Bonchev–Trinajstić information content (AvgIpc) is 2.53. The standard InChI is InChI=1S/C9H13NO2S/c1-2-13-6-5-10-4-3-8(7-10)9(11)12/h3-4,7H,2,5-6H2,1H3,(H,11,12). The molecule has 4 heteroatoms. The Bertz CT molecular complexity index is 283. The molecule has 0 atom stereocenters. The molecule has 0 aliphatic heterocycles. The number of hydrogen-bond donors (Lipinski definition) is 1. The van der Waals surface area contributed by atoms with E-state index in [1.54, 1.807) is 18.5 Å². The number of hydrogen-bond acceptors (Lipinski definition) is 2. The molecule has 0 aliphatic carbocycles. The molecule has 0 radical (unpaired) electrons. The Morgan fingerprint density at radius 2 is 2.46 bits per heavy atom. The van der Waals surface area contributed by atoms with Gasteiger partial charge in [-0.1, -0.05) is 6.92 Å². The molecular weight excluding hydrogens is 186 g/mol. The first-order valence-electron chi connectivity index (χ1n) is 4.21. The normalized spacial score (nSPS) is 10.2. The molecular formula is C9H13NO2S. The Balaban J connectivity index is 2.44. The lowest BCUT2D eigenvalue weighted by atomic mass is 10.4. The first-order chi connectivity index (χ1) is 6.24. The molecule has 1 rings (SSSR count). The third-order valence-corrected chi connectivity index (χ3v) is 2.57. The summed E-state index contributed by atoms with van der Waals surface area (Å²) >= 11 is 1.85. The average molecular weight is 199 g/mol. The van der Waals surface area contributed by atoms with Gasteiger partial charge in [0.1, 0.15) is 0 Å². The summed E-state index contributed by atoms with van der Waals surface area (Å²) < 4.78 is 1.91. The predicted octanol–water partition coefficient (Wildman–Crippen LogP) is 1.94. The molecule has 72 valence electrons. The van der Waals surface area contributed by atoms with Gasteiger partial charge in [0.05, 0.1) is 5.56 Å². The first-order valence-corrected chi connectivity index (χ1v) is 5.36. The van der Waals surface area contributed by atoms with E-state index in [-0.39, 0.29) is 0 Å². The van der Waals surface area contributed by atoms with Crippen molar-refractivity contribution in [1.29, 1.82) is 0 Å². The highest BCUT2D eigenvalue weighted by Crippen LogP contribution is 2.04. The molecule has 13 heavy (non-hydrogen) atoms. The summed E-state index contributed by atoms with van der Waals surface area (Å²) in [5, 5.41) is 8.65. The highest BCUT2D eigenvalue weighted by atomic mass is 32.2. The van der Waals surface area contributed by atoms with E-state index in [1.807, 2.05) is 16.3 Å². The highest BCUT2D eigenvalue weighted by molar-refractivity contribution is 7.99. The monoisotopic (exact) mass is 199 g/mol. The fourth-order valence-corrected chi connectivity index (χ4v) is 1.65. The summed E-state index contributed by atoms with van der Waals surface area (Å²) in [7, 11) is 0. The van der Waals surface area contributed by atoms with Crippen LogP contribution in [-0.2, 0) is 6.54 Å². The highest BCUT2D eigenvalue weighted by Gasteiger charge is 2.03. The van der Waals surface area contributed by atoms with E-state index in [0.29, 0.717) is 5.56 Å². The van der Waals surface area contributed by atoms with Gasteiger partial charge in [-0.25, -0.2) is 4.79 Å². The second-order valence-corrected chi connectivity index (χ2v) is 4.03. The molecule has 0 amide bonds. The van der Waals surface area contributed by atoms with Crippen molar-refractivity contribution in [3.05, 3.63) is 24.0 Å². The van der Waals surface area contributed by atoms with Gasteiger partial charge < -0.3 is 9.67 Å². The van der Waals surface area contributed by atoms with Gasteiger partial charge in [0, 0.05) is 24.7 Å². The Hall–Kier alpha value is -0.900. The number of aromatic nitrogens is 1. The van der Waals surface area contributed by atoms with E-state index >= 15 is 0 Å². The second-order valence-electron chi connectivity index (χ2n) is 2.64. The van der Waals surface area contributed by atoms with Crippen molar-refractivity contribution in [2.45, 2.75) is 13.5 Å². The van der Waals surface area contributed by atoms with E-state index in [9.17, 15) is 4.79 Å². The van der Waals surface area contributed by atoms with E-state index in [1.165, 1.54) is 0 Å². The zero-order valence-electron chi connectivity index (χ0n) is 7.56. The van der Waals surface area contributed by atoms with Crippen LogP contribution in [0, 0.1) is 0 Å². The maximum Gasteiger partial charge on any atom is 0.337 e. The molecule has 0 fully saturated rings. The van der Waals surface area contributed by atoms with Crippen LogP contribution in [0.4, 0.5) is 0 Å². The largest absolute Gasteiger partial charge is 0.478 e.